The van der Waals surface area contributed by atoms with Crippen LogP contribution >= 0.6 is 12.2 Å². The summed E-state index contributed by atoms with van der Waals surface area (Å²) >= 11 is 5.35. The number of hydrazone groups is 1. The van der Waals surface area contributed by atoms with Gasteiger partial charge in [0.1, 0.15) is 0 Å². The number of thiocarbonyl (C=S) groups is 1. The van der Waals surface area contributed by atoms with Crippen molar-refractivity contribution in [3.8, 4) is 11.4 Å². The monoisotopic (exact) mass is 565 g/mol. The molecule has 12 heteroatoms. The van der Waals surface area contributed by atoms with Crippen LogP contribution in [0.3, 0.4) is 0 Å². The Morgan fingerprint density at radius 2 is 1.68 bits per heavy atom. The van der Waals surface area contributed by atoms with Gasteiger partial charge in [0.25, 0.3) is 5.91 Å². The number of benzene rings is 3. The van der Waals surface area contributed by atoms with Crippen molar-refractivity contribution in [2.24, 2.45) is 12.1 Å². The van der Waals surface area contributed by atoms with Crippen molar-refractivity contribution in [1.82, 2.24) is 20.2 Å². The molecule has 0 aliphatic heterocycles. The van der Waals surface area contributed by atoms with Crippen molar-refractivity contribution in [3.05, 3.63) is 95.3 Å². The maximum Gasteiger partial charge on any atom is 0.416 e. The Bertz CT molecular complexity index is 1530. The minimum Gasteiger partial charge on any atom is -0.331 e. The largest absolute Gasteiger partial charge is 0.416 e. The third-order valence-electron chi connectivity index (χ3n) is 5.82. The van der Waals surface area contributed by atoms with Crippen molar-refractivity contribution in [1.29, 1.82) is 0 Å². The van der Waals surface area contributed by atoms with Gasteiger partial charge < -0.3 is 10.6 Å². The number of alkyl halides is 3. The third kappa shape index (κ3) is 7.08. The molecule has 1 aromatic heterocycles. The van der Waals surface area contributed by atoms with Crippen LogP contribution in [0.2, 0.25) is 0 Å². The molecule has 1 amide bonds. The second-order valence-electron chi connectivity index (χ2n) is 9.10. The van der Waals surface area contributed by atoms with Gasteiger partial charge in [-0.15, -0.1) is 0 Å². The summed E-state index contributed by atoms with van der Waals surface area (Å²) in [5.41, 5.74) is 5.73. The highest BCUT2D eigenvalue weighted by molar-refractivity contribution is 7.80. The summed E-state index contributed by atoms with van der Waals surface area (Å²) in [6, 6.07) is 19.3. The SMILES string of the molecule is CC(C)c1ccccc1NC(=S)N/N=C/c1ccc(-c2nc(C(=O)Nc3ccc(C(F)(F)F)cc3)n(C)n2)cc1. The summed E-state index contributed by atoms with van der Waals surface area (Å²) in [4.78, 5) is 17.0. The smallest absolute Gasteiger partial charge is 0.331 e. The highest BCUT2D eigenvalue weighted by Crippen LogP contribution is 2.30. The van der Waals surface area contributed by atoms with Crippen LogP contribution in [-0.2, 0) is 13.2 Å². The van der Waals surface area contributed by atoms with Crippen LogP contribution in [0.15, 0.2) is 77.9 Å². The van der Waals surface area contributed by atoms with Gasteiger partial charge in [0.05, 0.1) is 11.8 Å². The molecule has 0 aliphatic rings. The number of amides is 1. The molecule has 206 valence electrons. The van der Waals surface area contributed by atoms with Crippen molar-refractivity contribution in [2.75, 3.05) is 10.6 Å². The molecular weight excluding hydrogens is 539 g/mol. The van der Waals surface area contributed by atoms with Crippen LogP contribution in [0.5, 0.6) is 0 Å². The van der Waals surface area contributed by atoms with Crippen LogP contribution in [0.4, 0.5) is 24.5 Å². The van der Waals surface area contributed by atoms with Gasteiger partial charge in [0, 0.05) is 24.0 Å². The van der Waals surface area contributed by atoms with Crippen LogP contribution in [-0.4, -0.2) is 32.0 Å². The Balaban J connectivity index is 1.36. The summed E-state index contributed by atoms with van der Waals surface area (Å²) in [6.45, 7) is 4.22. The molecule has 3 N–H and O–H groups in total. The van der Waals surface area contributed by atoms with Gasteiger partial charge in [0.15, 0.2) is 10.9 Å². The number of halogens is 3. The van der Waals surface area contributed by atoms with Gasteiger partial charge in [-0.1, -0.05) is 56.3 Å². The predicted molar refractivity (Wildman–Crippen MR) is 153 cm³/mol. The van der Waals surface area contributed by atoms with Gasteiger partial charge in [-0.25, -0.2) is 9.67 Å². The van der Waals surface area contributed by atoms with Crippen LogP contribution in [0.1, 0.15) is 47.1 Å². The maximum absolute atomic E-state index is 12.8. The Hall–Kier alpha value is -4.58. The van der Waals surface area contributed by atoms with E-state index < -0.39 is 17.6 Å². The summed E-state index contributed by atoms with van der Waals surface area (Å²) < 4.78 is 39.6. The van der Waals surface area contributed by atoms with Gasteiger partial charge in [-0.3, -0.25) is 10.2 Å². The van der Waals surface area contributed by atoms with E-state index in [9.17, 15) is 18.0 Å². The van der Waals surface area contributed by atoms with Gasteiger partial charge >= 0.3 is 6.18 Å². The minimum atomic E-state index is -4.46. The molecule has 0 saturated heterocycles. The highest BCUT2D eigenvalue weighted by Gasteiger charge is 2.30. The van der Waals surface area contributed by atoms with E-state index in [1.165, 1.54) is 16.8 Å². The fourth-order valence-electron chi connectivity index (χ4n) is 3.78. The zero-order chi connectivity index (χ0) is 28.9. The molecule has 0 bridgehead atoms. The second-order valence-corrected chi connectivity index (χ2v) is 9.51. The molecule has 40 heavy (non-hydrogen) atoms. The highest BCUT2D eigenvalue weighted by atomic mass is 32.1. The zero-order valence-corrected chi connectivity index (χ0v) is 22.6. The molecule has 0 saturated carbocycles. The Labute approximate surface area is 234 Å². The standard InChI is InChI=1S/C28H26F3N7OS/c1-17(2)22-6-4-5-7-23(22)34-27(40)36-32-16-18-8-10-19(11-9-18)24-35-25(38(3)37-24)26(39)33-21-14-12-20(13-15-21)28(29,30)31/h4-17H,1-3H3,(H,33,39)(H2,34,36,40)/b32-16+. The van der Waals surface area contributed by atoms with Gasteiger partial charge in [-0.05, 0) is 59.6 Å². The van der Waals surface area contributed by atoms with Crippen LogP contribution in [0, 0.1) is 0 Å². The molecule has 0 radical (unpaired) electrons. The van der Waals surface area contributed by atoms with E-state index in [4.69, 9.17) is 12.2 Å². The fraction of sp³-hybridized carbons (Fsp3) is 0.179. The van der Waals surface area contributed by atoms with Crippen LogP contribution < -0.4 is 16.1 Å². The summed E-state index contributed by atoms with van der Waals surface area (Å²) in [7, 11) is 1.56. The number of anilines is 2. The first-order chi connectivity index (χ1) is 19.0. The quantitative estimate of drug-likeness (QED) is 0.140. The van der Waals surface area contributed by atoms with E-state index in [-0.39, 0.29) is 11.5 Å². The van der Waals surface area contributed by atoms with Crippen molar-refractivity contribution in [3.63, 3.8) is 0 Å². The lowest BCUT2D eigenvalue weighted by Gasteiger charge is -2.14. The summed E-state index contributed by atoms with van der Waals surface area (Å²) in [6.07, 6.45) is -2.84. The number of carbonyl (C=O) groups is 1. The zero-order valence-electron chi connectivity index (χ0n) is 21.8. The molecule has 1 heterocycles. The molecule has 4 aromatic rings. The second kappa shape index (κ2) is 12.1. The summed E-state index contributed by atoms with van der Waals surface area (Å²) in [5.74, 6) is 0.0590. The van der Waals surface area contributed by atoms with E-state index in [0.717, 1.165) is 28.9 Å². The first-order valence-corrected chi connectivity index (χ1v) is 12.6. The Morgan fingerprint density at radius 1 is 1.00 bits per heavy atom. The molecule has 8 nitrogen and oxygen atoms in total. The number of hydrogen-bond donors (Lipinski definition) is 3. The third-order valence-corrected chi connectivity index (χ3v) is 6.01. The Kier molecular flexibility index (Phi) is 8.58. The van der Waals surface area contributed by atoms with Crippen molar-refractivity contribution < 1.29 is 18.0 Å². The normalized spacial score (nSPS) is 11.6. The van der Waals surface area contributed by atoms with E-state index in [1.54, 1.807) is 25.4 Å². The summed E-state index contributed by atoms with van der Waals surface area (Å²) in [5, 5.41) is 14.5. The molecule has 0 unspecified atom stereocenters. The number of aromatic nitrogens is 3. The molecule has 0 atom stereocenters. The number of carbonyl (C=O) groups excluding carboxylic acids is 1. The molecule has 0 spiro atoms. The molecular formula is C28H26F3N7OS. The molecule has 3 aromatic carbocycles. The number of aryl methyl sites for hydroxylation is 1. The topological polar surface area (TPSA) is 96.2 Å². The van der Waals surface area contributed by atoms with E-state index >= 15 is 0 Å². The van der Waals surface area contributed by atoms with Crippen LogP contribution in [0.25, 0.3) is 11.4 Å². The molecule has 4 rings (SSSR count). The average Bonchev–Trinajstić information content (AvgIpc) is 3.30. The first-order valence-electron chi connectivity index (χ1n) is 12.2. The molecule has 0 aliphatic carbocycles. The number of rotatable bonds is 7. The Morgan fingerprint density at radius 3 is 2.33 bits per heavy atom. The lowest BCUT2D eigenvalue weighted by Crippen LogP contribution is -2.24. The van der Waals surface area contributed by atoms with E-state index in [1.807, 2.05) is 36.4 Å². The number of hydrogen-bond acceptors (Lipinski definition) is 5. The first kappa shape index (κ1) is 28.4. The molecule has 0 fully saturated rings. The van der Waals surface area contributed by atoms with Crippen molar-refractivity contribution in [2.45, 2.75) is 25.9 Å². The van der Waals surface area contributed by atoms with E-state index in [2.05, 4.69) is 45.1 Å². The number of nitrogens with zero attached hydrogens (tertiary/aromatic N) is 4. The van der Waals surface area contributed by atoms with E-state index in [0.29, 0.717) is 22.4 Å². The lowest BCUT2D eigenvalue weighted by atomic mass is 10.0. The lowest BCUT2D eigenvalue weighted by molar-refractivity contribution is -0.137. The maximum atomic E-state index is 12.8. The minimum absolute atomic E-state index is 0.00443. The number of nitrogens with one attached hydrogen (secondary N) is 3. The average molecular weight is 566 g/mol. The fourth-order valence-corrected chi connectivity index (χ4v) is 3.94. The van der Waals surface area contributed by atoms with Gasteiger partial charge in [0.2, 0.25) is 5.82 Å². The van der Waals surface area contributed by atoms with Crippen molar-refractivity contribution >= 4 is 40.8 Å². The number of para-hydroxylation sites is 1. The van der Waals surface area contributed by atoms with Gasteiger partial charge in [-0.2, -0.15) is 23.4 Å². The predicted octanol–water partition coefficient (Wildman–Crippen LogP) is 6.20.